The third-order valence-electron chi connectivity index (χ3n) is 4.63. The molecule has 0 spiro atoms. The zero-order valence-corrected chi connectivity index (χ0v) is 15.6. The van der Waals surface area contributed by atoms with Gasteiger partial charge in [0.25, 0.3) is 0 Å². The van der Waals surface area contributed by atoms with Gasteiger partial charge in [-0.2, -0.15) is 5.10 Å². The van der Waals surface area contributed by atoms with Crippen LogP contribution in [0, 0.1) is 20.8 Å². The predicted molar refractivity (Wildman–Crippen MR) is 102 cm³/mol. The Labute approximate surface area is 152 Å². The van der Waals surface area contributed by atoms with E-state index in [4.69, 9.17) is 14.8 Å². The number of aromatic nitrogens is 5. The smallest absolute Gasteiger partial charge is 0.164 e. The van der Waals surface area contributed by atoms with E-state index in [-0.39, 0.29) is 0 Å². The van der Waals surface area contributed by atoms with E-state index in [0.717, 1.165) is 50.9 Å². The summed E-state index contributed by atoms with van der Waals surface area (Å²) >= 11 is 0. The van der Waals surface area contributed by atoms with E-state index < -0.39 is 0 Å². The summed E-state index contributed by atoms with van der Waals surface area (Å²) in [5.74, 6) is 1.76. The fourth-order valence-corrected chi connectivity index (χ4v) is 3.22. The molecule has 0 N–H and O–H groups in total. The van der Waals surface area contributed by atoms with Gasteiger partial charge in [-0.1, -0.05) is 0 Å². The molecular weight excluding hydrogens is 326 g/mol. The molecule has 0 aliphatic heterocycles. The highest BCUT2D eigenvalue weighted by Gasteiger charge is 2.19. The van der Waals surface area contributed by atoms with Crippen molar-refractivity contribution < 1.29 is 4.74 Å². The summed E-state index contributed by atoms with van der Waals surface area (Å²) < 4.78 is 9.15. The molecule has 0 aliphatic rings. The van der Waals surface area contributed by atoms with E-state index in [1.165, 1.54) is 0 Å². The molecule has 6 nitrogen and oxygen atoms in total. The lowest BCUT2D eigenvalue weighted by Gasteiger charge is -2.05. The number of hydrogen-bond acceptors (Lipinski definition) is 4. The minimum Gasteiger partial charge on any atom is -0.497 e. The molecule has 4 aromatic rings. The predicted octanol–water partition coefficient (Wildman–Crippen LogP) is 3.75. The maximum absolute atomic E-state index is 5.26. The van der Waals surface area contributed by atoms with E-state index in [2.05, 4.69) is 18.0 Å². The maximum Gasteiger partial charge on any atom is 0.164 e. The summed E-state index contributed by atoms with van der Waals surface area (Å²) in [5.41, 5.74) is 5.60. The molecule has 0 unspecified atom stereocenters. The van der Waals surface area contributed by atoms with E-state index in [1.807, 2.05) is 60.6 Å². The number of aryl methyl sites for hydroxylation is 4. The van der Waals surface area contributed by atoms with Gasteiger partial charge in [0.15, 0.2) is 5.65 Å². The van der Waals surface area contributed by atoms with Gasteiger partial charge in [-0.15, -0.1) is 0 Å². The van der Waals surface area contributed by atoms with Crippen molar-refractivity contribution in [3.05, 3.63) is 53.6 Å². The molecular formula is C20H21N5O. The highest BCUT2D eigenvalue weighted by atomic mass is 16.5. The van der Waals surface area contributed by atoms with Crippen LogP contribution in [0.5, 0.6) is 5.75 Å². The number of imidazole rings is 1. The SMILES string of the molecule is COc1ccc(-n2nc(-c3cn(C)c(C)n3)c3c(C)cc(C)nc32)cc1. The second-order valence-electron chi connectivity index (χ2n) is 6.52. The monoisotopic (exact) mass is 347 g/mol. The van der Waals surface area contributed by atoms with E-state index in [9.17, 15) is 0 Å². The number of nitrogens with zero attached hydrogens (tertiary/aromatic N) is 5. The fourth-order valence-electron chi connectivity index (χ4n) is 3.22. The van der Waals surface area contributed by atoms with Crippen LogP contribution < -0.4 is 4.74 Å². The zero-order valence-electron chi connectivity index (χ0n) is 15.6. The largest absolute Gasteiger partial charge is 0.497 e. The van der Waals surface area contributed by atoms with Crippen LogP contribution in [0.25, 0.3) is 28.1 Å². The molecule has 0 radical (unpaired) electrons. The Balaban J connectivity index is 2.01. The molecule has 3 heterocycles. The molecule has 0 saturated heterocycles. The molecule has 0 atom stereocenters. The van der Waals surface area contributed by atoms with E-state index in [0.29, 0.717) is 0 Å². The highest BCUT2D eigenvalue weighted by Crippen LogP contribution is 2.31. The molecule has 1 aromatic carbocycles. The molecule has 3 aromatic heterocycles. The van der Waals surface area contributed by atoms with Gasteiger partial charge in [-0.25, -0.2) is 14.6 Å². The van der Waals surface area contributed by atoms with Crippen LogP contribution in [0.15, 0.2) is 36.5 Å². The van der Waals surface area contributed by atoms with Gasteiger partial charge in [0, 0.05) is 18.9 Å². The number of hydrogen-bond donors (Lipinski definition) is 0. The van der Waals surface area contributed by atoms with E-state index >= 15 is 0 Å². The van der Waals surface area contributed by atoms with Crippen LogP contribution >= 0.6 is 0 Å². The van der Waals surface area contributed by atoms with Gasteiger partial charge in [-0.05, 0) is 56.7 Å². The third kappa shape index (κ3) is 2.54. The summed E-state index contributed by atoms with van der Waals surface area (Å²) in [6, 6.07) is 9.91. The molecule has 0 fully saturated rings. The van der Waals surface area contributed by atoms with Crippen molar-refractivity contribution >= 4 is 11.0 Å². The van der Waals surface area contributed by atoms with Crippen LogP contribution in [-0.4, -0.2) is 31.4 Å². The Hall–Kier alpha value is -3.15. The number of ether oxygens (including phenoxy) is 1. The Bertz CT molecular complexity index is 1090. The normalized spacial score (nSPS) is 11.3. The Morgan fingerprint density at radius 1 is 1.00 bits per heavy atom. The van der Waals surface area contributed by atoms with Crippen molar-refractivity contribution in [3.8, 4) is 22.8 Å². The first-order valence-corrected chi connectivity index (χ1v) is 8.49. The van der Waals surface area contributed by atoms with Crippen LogP contribution in [0.1, 0.15) is 17.1 Å². The lowest BCUT2D eigenvalue weighted by Crippen LogP contribution is -1.99. The average Bonchev–Trinajstić information content (AvgIpc) is 3.16. The van der Waals surface area contributed by atoms with Gasteiger partial charge in [0.2, 0.25) is 0 Å². The summed E-state index contributed by atoms with van der Waals surface area (Å²) in [5, 5.41) is 5.91. The number of fused-ring (bicyclic) bond motifs is 1. The number of benzene rings is 1. The summed E-state index contributed by atoms with van der Waals surface area (Å²) in [4.78, 5) is 9.43. The standard InChI is InChI=1S/C20H21N5O/c1-12-10-13(2)21-20-18(12)19(17-11-24(4)14(3)22-17)23-25(20)15-6-8-16(26-5)9-7-15/h6-11H,1-5H3. The Morgan fingerprint density at radius 2 is 1.73 bits per heavy atom. The lowest BCUT2D eigenvalue weighted by molar-refractivity contribution is 0.414. The van der Waals surface area contributed by atoms with Gasteiger partial charge in [0.05, 0.1) is 18.2 Å². The van der Waals surface area contributed by atoms with Crippen molar-refractivity contribution in [3.63, 3.8) is 0 Å². The van der Waals surface area contributed by atoms with E-state index in [1.54, 1.807) is 7.11 Å². The zero-order chi connectivity index (χ0) is 18.4. The Kier molecular flexibility index (Phi) is 3.76. The van der Waals surface area contributed by atoms with Crippen LogP contribution in [0.2, 0.25) is 0 Å². The summed E-state index contributed by atoms with van der Waals surface area (Å²) in [7, 11) is 3.65. The minimum absolute atomic E-state index is 0.811. The maximum atomic E-state index is 5.26. The third-order valence-corrected chi connectivity index (χ3v) is 4.63. The summed E-state index contributed by atoms with van der Waals surface area (Å²) in [6.07, 6.45) is 2.01. The van der Waals surface area contributed by atoms with Crippen LogP contribution in [-0.2, 0) is 7.05 Å². The molecule has 0 bridgehead atoms. The molecule has 0 aliphatic carbocycles. The molecule has 132 valence electrons. The number of pyridine rings is 1. The molecule has 26 heavy (non-hydrogen) atoms. The van der Waals surface area contributed by atoms with Crippen molar-refractivity contribution in [1.29, 1.82) is 0 Å². The van der Waals surface area contributed by atoms with Crippen molar-refractivity contribution in [2.45, 2.75) is 20.8 Å². The quantitative estimate of drug-likeness (QED) is 0.566. The Morgan fingerprint density at radius 3 is 2.35 bits per heavy atom. The van der Waals surface area contributed by atoms with Gasteiger partial charge >= 0.3 is 0 Å². The number of methoxy groups -OCH3 is 1. The molecule has 0 amide bonds. The van der Waals surface area contributed by atoms with Gasteiger partial charge < -0.3 is 9.30 Å². The highest BCUT2D eigenvalue weighted by molar-refractivity contribution is 5.93. The van der Waals surface area contributed by atoms with Crippen molar-refractivity contribution in [2.75, 3.05) is 7.11 Å². The van der Waals surface area contributed by atoms with Crippen LogP contribution in [0.4, 0.5) is 0 Å². The average molecular weight is 347 g/mol. The first-order valence-electron chi connectivity index (χ1n) is 8.49. The minimum atomic E-state index is 0.811. The molecule has 0 saturated carbocycles. The molecule has 4 rings (SSSR count). The summed E-state index contributed by atoms with van der Waals surface area (Å²) in [6.45, 7) is 6.08. The lowest BCUT2D eigenvalue weighted by atomic mass is 10.1. The first kappa shape index (κ1) is 16.3. The van der Waals surface area contributed by atoms with Crippen LogP contribution in [0.3, 0.4) is 0 Å². The first-order chi connectivity index (χ1) is 12.5. The topological polar surface area (TPSA) is 57.8 Å². The van der Waals surface area contributed by atoms with Crippen molar-refractivity contribution in [2.24, 2.45) is 7.05 Å². The van der Waals surface area contributed by atoms with Gasteiger partial charge in [-0.3, -0.25) is 0 Å². The fraction of sp³-hybridized carbons (Fsp3) is 0.250. The molecule has 6 heteroatoms. The van der Waals surface area contributed by atoms with Crippen molar-refractivity contribution in [1.82, 2.24) is 24.3 Å². The second-order valence-corrected chi connectivity index (χ2v) is 6.52. The second kappa shape index (κ2) is 5.98. The number of rotatable bonds is 3. The van der Waals surface area contributed by atoms with Gasteiger partial charge in [0.1, 0.15) is 23.0 Å².